The number of aromatic nitrogens is 1. The van der Waals surface area contributed by atoms with Crippen LogP contribution in [0.5, 0.6) is 11.5 Å². The minimum Gasteiger partial charge on any atom is -0.493 e. The number of carboxylic acid groups (broad SMARTS) is 1. The van der Waals surface area contributed by atoms with Gasteiger partial charge in [-0.2, -0.15) is 4.98 Å². The molecule has 0 fully saturated rings. The zero-order valence-corrected chi connectivity index (χ0v) is 20.8. The Kier molecular flexibility index (Phi) is 7.95. The van der Waals surface area contributed by atoms with E-state index in [-0.39, 0.29) is 0 Å². The number of oxazole rings is 1. The Bertz CT molecular complexity index is 1270. The summed E-state index contributed by atoms with van der Waals surface area (Å²) in [5.41, 5.74) is 3.55. The van der Waals surface area contributed by atoms with Gasteiger partial charge in [-0.1, -0.05) is 30.3 Å². The molecule has 0 aliphatic rings. The second kappa shape index (κ2) is 11.5. The van der Waals surface area contributed by atoms with Crippen molar-refractivity contribution in [1.29, 1.82) is 0 Å². The van der Waals surface area contributed by atoms with Gasteiger partial charge >= 0.3 is 5.97 Å². The highest BCUT2D eigenvalue weighted by molar-refractivity contribution is 5.74. The fraction of sp³-hybridized carbons (Fsp3) is 0.286. The zero-order valence-electron chi connectivity index (χ0n) is 20.8. The number of carboxylic acids is 1. The molecule has 1 heterocycles. The number of fused-ring (bicyclic) bond motifs is 1. The molecular weight excluding hydrogens is 458 g/mol. The summed E-state index contributed by atoms with van der Waals surface area (Å²) in [5.74, 6) is 0.320. The van der Waals surface area contributed by atoms with Crippen molar-refractivity contribution >= 4 is 28.8 Å². The summed E-state index contributed by atoms with van der Waals surface area (Å²) in [6, 6.07) is 23.6. The molecule has 0 spiro atoms. The first-order valence-electron chi connectivity index (χ1n) is 11.9. The minimum atomic E-state index is -1.01. The summed E-state index contributed by atoms with van der Waals surface area (Å²) in [7, 11) is 4.00. The maximum atomic E-state index is 11.2. The number of ether oxygens (including phenoxy) is 2. The number of aliphatic carboxylic acids is 1. The molecule has 188 valence electrons. The number of rotatable bonds is 12. The Morgan fingerprint density at radius 2 is 1.81 bits per heavy atom. The lowest BCUT2D eigenvalue weighted by molar-refractivity contribution is -0.144. The van der Waals surface area contributed by atoms with Gasteiger partial charge in [-0.3, -0.25) is 0 Å². The molecule has 3 aromatic carbocycles. The van der Waals surface area contributed by atoms with E-state index in [9.17, 15) is 4.79 Å². The average Bonchev–Trinajstić information content (AvgIpc) is 3.30. The highest BCUT2D eigenvalue weighted by Crippen LogP contribution is 2.25. The van der Waals surface area contributed by atoms with Crippen LogP contribution < -0.4 is 19.3 Å². The highest BCUT2D eigenvalue weighted by Gasteiger charge is 2.17. The van der Waals surface area contributed by atoms with Gasteiger partial charge in [0.1, 0.15) is 17.0 Å². The van der Waals surface area contributed by atoms with Crippen molar-refractivity contribution in [3.63, 3.8) is 0 Å². The molecule has 0 saturated carbocycles. The maximum Gasteiger partial charge on any atom is 0.344 e. The third kappa shape index (κ3) is 6.47. The number of anilines is 2. The zero-order chi connectivity index (χ0) is 25.5. The molecule has 0 bridgehead atoms. The van der Waals surface area contributed by atoms with Crippen molar-refractivity contribution in [3.8, 4) is 11.5 Å². The summed E-state index contributed by atoms with van der Waals surface area (Å²) in [5, 5.41) is 9.15. The van der Waals surface area contributed by atoms with Crippen LogP contribution in [0.2, 0.25) is 0 Å². The second-order valence-electron chi connectivity index (χ2n) is 8.73. The van der Waals surface area contributed by atoms with E-state index >= 15 is 0 Å². The second-order valence-corrected chi connectivity index (χ2v) is 8.73. The van der Waals surface area contributed by atoms with E-state index < -0.39 is 12.1 Å². The van der Waals surface area contributed by atoms with E-state index in [0.29, 0.717) is 31.5 Å². The first kappa shape index (κ1) is 24.9. The summed E-state index contributed by atoms with van der Waals surface area (Å²) < 4.78 is 17.6. The van der Waals surface area contributed by atoms with Crippen LogP contribution in [0.15, 0.2) is 77.2 Å². The van der Waals surface area contributed by atoms with Crippen LogP contribution in [0.4, 0.5) is 11.7 Å². The number of hydrogen-bond donors (Lipinski definition) is 1. The lowest BCUT2D eigenvalue weighted by atomic mass is 10.2. The normalized spacial score (nSPS) is 11.8. The third-order valence-corrected chi connectivity index (χ3v) is 5.66. The van der Waals surface area contributed by atoms with Crippen LogP contribution >= 0.6 is 0 Å². The lowest BCUT2D eigenvalue weighted by Crippen LogP contribution is -2.26. The number of carbonyl (C=O) groups is 1. The van der Waals surface area contributed by atoms with Crippen LogP contribution in [-0.2, 0) is 11.3 Å². The van der Waals surface area contributed by atoms with Crippen LogP contribution in [0.3, 0.4) is 0 Å². The van der Waals surface area contributed by atoms with Crippen LogP contribution in [0.25, 0.3) is 11.1 Å². The molecule has 4 rings (SSSR count). The van der Waals surface area contributed by atoms with Gasteiger partial charge in [-0.05, 0) is 55.3 Å². The molecule has 1 aromatic heterocycles. The molecule has 0 aliphatic carbocycles. The topological polar surface area (TPSA) is 88.3 Å². The largest absolute Gasteiger partial charge is 0.493 e. The van der Waals surface area contributed by atoms with Crippen molar-refractivity contribution in [2.45, 2.75) is 26.0 Å². The van der Waals surface area contributed by atoms with Gasteiger partial charge in [0, 0.05) is 38.9 Å². The van der Waals surface area contributed by atoms with Gasteiger partial charge in [-0.15, -0.1) is 0 Å². The smallest absolute Gasteiger partial charge is 0.344 e. The van der Waals surface area contributed by atoms with Crippen molar-refractivity contribution in [1.82, 2.24) is 4.98 Å². The van der Waals surface area contributed by atoms with Crippen molar-refractivity contribution < 1.29 is 23.8 Å². The summed E-state index contributed by atoms with van der Waals surface area (Å²) >= 11 is 0. The molecule has 0 aliphatic heterocycles. The SMILES string of the molecule is CC(Oc1cccc(CN(CCCOc2cccc(N(C)C)c2)c2nc3ccccc3o2)c1)C(=O)O. The van der Waals surface area contributed by atoms with E-state index in [0.717, 1.165) is 34.5 Å². The van der Waals surface area contributed by atoms with E-state index in [1.165, 1.54) is 6.92 Å². The Labute approximate surface area is 210 Å². The standard InChI is InChI=1S/C28H31N3O5/c1-20(27(32)33)35-24-12-6-9-21(17-24)19-31(28-29-25-13-4-5-14-26(25)36-28)15-8-16-34-23-11-7-10-22(18-23)30(2)3/h4-7,9-14,17-18,20H,8,15-16,19H2,1-3H3,(H,32,33). The Morgan fingerprint density at radius 1 is 1.03 bits per heavy atom. The number of hydrogen-bond acceptors (Lipinski definition) is 7. The van der Waals surface area contributed by atoms with Gasteiger partial charge in [0.2, 0.25) is 0 Å². The molecule has 1 unspecified atom stereocenters. The van der Waals surface area contributed by atoms with Crippen LogP contribution in [-0.4, -0.2) is 49.4 Å². The van der Waals surface area contributed by atoms with Crippen molar-refractivity contribution in [2.75, 3.05) is 37.0 Å². The number of nitrogens with zero attached hydrogens (tertiary/aromatic N) is 3. The molecule has 4 aromatic rings. The predicted molar refractivity (Wildman–Crippen MR) is 140 cm³/mol. The lowest BCUT2D eigenvalue weighted by Gasteiger charge is -2.21. The fourth-order valence-electron chi connectivity index (χ4n) is 3.73. The highest BCUT2D eigenvalue weighted by atomic mass is 16.5. The third-order valence-electron chi connectivity index (χ3n) is 5.66. The quantitative estimate of drug-likeness (QED) is 0.271. The monoisotopic (exact) mass is 489 g/mol. The van der Waals surface area contributed by atoms with Crippen molar-refractivity contribution in [3.05, 3.63) is 78.4 Å². The number of benzene rings is 3. The molecule has 0 saturated heterocycles. The first-order valence-corrected chi connectivity index (χ1v) is 11.9. The van der Waals surface area contributed by atoms with Crippen LogP contribution in [0, 0.1) is 0 Å². The van der Waals surface area contributed by atoms with E-state index in [2.05, 4.69) is 9.88 Å². The van der Waals surface area contributed by atoms with Gasteiger partial charge in [0.05, 0.1) is 6.61 Å². The molecule has 8 nitrogen and oxygen atoms in total. The Balaban J connectivity index is 1.46. The first-order chi connectivity index (χ1) is 17.4. The van der Waals surface area contributed by atoms with Gasteiger partial charge in [0.25, 0.3) is 6.01 Å². The minimum absolute atomic E-state index is 0.504. The molecular formula is C28H31N3O5. The van der Waals surface area contributed by atoms with Gasteiger partial charge in [-0.25, -0.2) is 4.79 Å². The summed E-state index contributed by atoms with van der Waals surface area (Å²) in [6.45, 7) is 3.21. The molecule has 8 heteroatoms. The van der Waals surface area contributed by atoms with E-state index in [1.807, 2.05) is 85.7 Å². The predicted octanol–water partition coefficient (Wildman–Crippen LogP) is 5.22. The van der Waals surface area contributed by atoms with Gasteiger partial charge < -0.3 is 28.8 Å². The van der Waals surface area contributed by atoms with Crippen LogP contribution in [0.1, 0.15) is 18.9 Å². The Hall–Kier alpha value is -4.20. The van der Waals surface area contributed by atoms with Crippen molar-refractivity contribution in [2.24, 2.45) is 0 Å². The number of para-hydroxylation sites is 2. The average molecular weight is 490 g/mol. The van der Waals surface area contributed by atoms with Gasteiger partial charge in [0.15, 0.2) is 11.7 Å². The molecule has 1 N–H and O–H groups in total. The van der Waals surface area contributed by atoms with E-state index in [4.69, 9.17) is 19.0 Å². The molecule has 36 heavy (non-hydrogen) atoms. The summed E-state index contributed by atoms with van der Waals surface area (Å²) in [4.78, 5) is 19.9. The fourth-order valence-corrected chi connectivity index (χ4v) is 3.73. The summed E-state index contributed by atoms with van der Waals surface area (Å²) in [6.07, 6.45) is -0.187. The van der Waals surface area contributed by atoms with E-state index in [1.54, 1.807) is 6.07 Å². The Morgan fingerprint density at radius 3 is 2.58 bits per heavy atom. The molecule has 1 atom stereocenters. The molecule has 0 amide bonds. The molecule has 0 radical (unpaired) electrons. The maximum absolute atomic E-state index is 11.2.